The monoisotopic (exact) mass is 307 g/mol. The van der Waals surface area contributed by atoms with Gasteiger partial charge in [0.2, 0.25) is 5.91 Å². The Labute approximate surface area is 127 Å². The van der Waals surface area contributed by atoms with E-state index >= 15 is 0 Å². The van der Waals surface area contributed by atoms with Gasteiger partial charge in [-0.25, -0.2) is 0 Å². The van der Waals surface area contributed by atoms with Crippen LogP contribution in [0.5, 0.6) is 0 Å². The van der Waals surface area contributed by atoms with Crippen molar-refractivity contribution in [1.82, 2.24) is 4.90 Å². The summed E-state index contributed by atoms with van der Waals surface area (Å²) in [6.45, 7) is 1.80. The van der Waals surface area contributed by atoms with Gasteiger partial charge in [0.05, 0.1) is 12.0 Å². The minimum absolute atomic E-state index is 0.0526. The SMILES string of the molecule is COC(=O)CC(=O)N1CCN(c2ccccc2[N+](=O)[O-])CC1. The molecule has 1 aromatic rings. The maximum Gasteiger partial charge on any atom is 0.315 e. The molecule has 1 aromatic carbocycles. The summed E-state index contributed by atoms with van der Waals surface area (Å²) in [7, 11) is 1.24. The third-order valence-electron chi connectivity index (χ3n) is 3.57. The van der Waals surface area contributed by atoms with Crippen molar-refractivity contribution >= 4 is 23.3 Å². The van der Waals surface area contributed by atoms with Crippen molar-refractivity contribution in [3.8, 4) is 0 Å². The summed E-state index contributed by atoms with van der Waals surface area (Å²) in [4.78, 5) is 37.1. The van der Waals surface area contributed by atoms with E-state index < -0.39 is 10.9 Å². The summed E-state index contributed by atoms with van der Waals surface area (Å²) in [5.74, 6) is -0.847. The van der Waals surface area contributed by atoms with Crippen LogP contribution in [-0.2, 0) is 14.3 Å². The first-order chi connectivity index (χ1) is 10.5. The first-order valence-corrected chi connectivity index (χ1v) is 6.86. The molecule has 0 saturated carbocycles. The van der Waals surface area contributed by atoms with E-state index in [4.69, 9.17) is 0 Å². The molecule has 1 fully saturated rings. The smallest absolute Gasteiger partial charge is 0.315 e. The minimum atomic E-state index is -0.564. The van der Waals surface area contributed by atoms with Crippen LogP contribution >= 0.6 is 0 Å². The maximum absolute atomic E-state index is 11.9. The molecule has 22 heavy (non-hydrogen) atoms. The second-order valence-electron chi connectivity index (χ2n) is 4.87. The molecule has 1 saturated heterocycles. The fourth-order valence-electron chi connectivity index (χ4n) is 2.39. The highest BCUT2D eigenvalue weighted by atomic mass is 16.6. The van der Waals surface area contributed by atoms with E-state index in [-0.39, 0.29) is 18.0 Å². The summed E-state index contributed by atoms with van der Waals surface area (Å²) < 4.78 is 4.47. The van der Waals surface area contributed by atoms with Crippen molar-refractivity contribution in [1.29, 1.82) is 0 Å². The van der Waals surface area contributed by atoms with Gasteiger partial charge >= 0.3 is 5.97 Å². The molecule has 118 valence electrons. The summed E-state index contributed by atoms with van der Waals surface area (Å²) in [5, 5.41) is 11.1. The van der Waals surface area contributed by atoms with E-state index in [2.05, 4.69) is 4.74 Å². The largest absolute Gasteiger partial charge is 0.469 e. The predicted octanol–water partition coefficient (Wildman–Crippen LogP) is 0.806. The number of hydrogen-bond acceptors (Lipinski definition) is 6. The summed E-state index contributed by atoms with van der Waals surface area (Å²) in [6.07, 6.45) is -0.276. The Balaban J connectivity index is 1.99. The van der Waals surface area contributed by atoms with Crippen molar-refractivity contribution in [2.75, 3.05) is 38.2 Å². The van der Waals surface area contributed by atoms with Gasteiger partial charge in [-0.05, 0) is 6.07 Å². The molecule has 1 aliphatic heterocycles. The van der Waals surface area contributed by atoms with Crippen LogP contribution in [0.15, 0.2) is 24.3 Å². The highest BCUT2D eigenvalue weighted by Crippen LogP contribution is 2.28. The van der Waals surface area contributed by atoms with Crippen LogP contribution in [-0.4, -0.2) is 55.0 Å². The number of benzene rings is 1. The van der Waals surface area contributed by atoms with Crippen LogP contribution in [0, 0.1) is 10.1 Å². The first-order valence-electron chi connectivity index (χ1n) is 6.86. The van der Waals surface area contributed by atoms with Crippen molar-refractivity contribution in [2.45, 2.75) is 6.42 Å². The van der Waals surface area contributed by atoms with Gasteiger partial charge in [0.15, 0.2) is 0 Å². The lowest BCUT2D eigenvalue weighted by atomic mass is 10.2. The summed E-state index contributed by atoms with van der Waals surface area (Å²) in [6, 6.07) is 6.53. The topological polar surface area (TPSA) is 93.0 Å². The minimum Gasteiger partial charge on any atom is -0.469 e. The summed E-state index contributed by atoms with van der Waals surface area (Å²) in [5.41, 5.74) is 0.601. The number of piperazine rings is 1. The third-order valence-corrected chi connectivity index (χ3v) is 3.57. The van der Waals surface area contributed by atoms with Gasteiger partial charge in [-0.15, -0.1) is 0 Å². The van der Waals surface area contributed by atoms with Crippen LogP contribution in [0.25, 0.3) is 0 Å². The van der Waals surface area contributed by atoms with Gasteiger partial charge in [0.25, 0.3) is 5.69 Å². The first kappa shape index (κ1) is 15.7. The number of rotatable bonds is 4. The Hall–Kier alpha value is -2.64. The molecule has 0 spiro atoms. The zero-order valence-corrected chi connectivity index (χ0v) is 12.2. The zero-order valence-electron chi connectivity index (χ0n) is 12.2. The lowest BCUT2D eigenvalue weighted by Gasteiger charge is -2.35. The molecular formula is C14H17N3O5. The maximum atomic E-state index is 11.9. The number of methoxy groups -OCH3 is 1. The second-order valence-corrected chi connectivity index (χ2v) is 4.87. The van der Waals surface area contributed by atoms with E-state index in [0.717, 1.165) is 0 Å². The standard InChI is InChI=1S/C14H17N3O5/c1-22-14(19)10-13(18)16-8-6-15(7-9-16)11-4-2-3-5-12(11)17(20)21/h2-5H,6-10H2,1H3. The number of carbonyl (C=O) groups is 2. The van der Waals surface area contributed by atoms with Crippen LogP contribution in [0.3, 0.4) is 0 Å². The highest BCUT2D eigenvalue weighted by molar-refractivity contribution is 5.94. The number of nitrogens with zero attached hydrogens (tertiary/aromatic N) is 3. The number of carbonyl (C=O) groups excluding carboxylic acids is 2. The average molecular weight is 307 g/mol. The number of anilines is 1. The van der Waals surface area contributed by atoms with Crippen LogP contribution in [0.2, 0.25) is 0 Å². The Morgan fingerprint density at radius 2 is 1.86 bits per heavy atom. The van der Waals surface area contributed by atoms with Crippen LogP contribution in [0.4, 0.5) is 11.4 Å². The van der Waals surface area contributed by atoms with Gasteiger partial charge in [-0.3, -0.25) is 19.7 Å². The molecule has 1 heterocycles. The Morgan fingerprint density at radius 3 is 2.45 bits per heavy atom. The normalized spacial score (nSPS) is 14.6. The molecule has 1 amide bonds. The van der Waals surface area contributed by atoms with Gasteiger partial charge < -0.3 is 14.5 Å². The van der Waals surface area contributed by atoms with E-state index in [1.807, 2.05) is 4.90 Å². The molecule has 8 heteroatoms. The molecular weight excluding hydrogens is 290 g/mol. The molecule has 0 aliphatic carbocycles. The average Bonchev–Trinajstić information content (AvgIpc) is 2.54. The molecule has 2 rings (SSSR count). The predicted molar refractivity (Wildman–Crippen MR) is 78.5 cm³/mol. The van der Waals surface area contributed by atoms with Crippen LogP contribution < -0.4 is 4.90 Å². The molecule has 8 nitrogen and oxygen atoms in total. The molecule has 1 aliphatic rings. The molecule has 0 unspecified atom stereocenters. The quantitative estimate of drug-likeness (QED) is 0.354. The Kier molecular flexibility index (Phi) is 4.92. The van der Waals surface area contributed by atoms with E-state index in [1.165, 1.54) is 13.2 Å². The Bertz CT molecular complexity index is 582. The van der Waals surface area contributed by atoms with Crippen molar-refractivity contribution in [2.24, 2.45) is 0 Å². The number of ether oxygens (including phenoxy) is 1. The van der Waals surface area contributed by atoms with Crippen LogP contribution in [0.1, 0.15) is 6.42 Å². The van der Waals surface area contributed by atoms with Gasteiger partial charge in [-0.1, -0.05) is 12.1 Å². The fourth-order valence-corrected chi connectivity index (χ4v) is 2.39. The van der Waals surface area contributed by atoms with Crippen molar-refractivity contribution < 1.29 is 19.2 Å². The van der Waals surface area contributed by atoms with E-state index in [0.29, 0.717) is 31.9 Å². The number of para-hydroxylation sites is 2. The molecule has 0 radical (unpaired) electrons. The number of amides is 1. The summed E-state index contributed by atoms with van der Waals surface area (Å²) >= 11 is 0. The van der Waals surface area contributed by atoms with E-state index in [9.17, 15) is 19.7 Å². The number of nitro groups is 1. The number of esters is 1. The molecule has 0 atom stereocenters. The van der Waals surface area contributed by atoms with E-state index in [1.54, 1.807) is 23.1 Å². The van der Waals surface area contributed by atoms with Gasteiger partial charge in [-0.2, -0.15) is 0 Å². The lowest BCUT2D eigenvalue weighted by molar-refractivity contribution is -0.384. The second kappa shape index (κ2) is 6.88. The highest BCUT2D eigenvalue weighted by Gasteiger charge is 2.26. The zero-order chi connectivity index (χ0) is 16.1. The Morgan fingerprint density at radius 1 is 1.23 bits per heavy atom. The molecule has 0 bridgehead atoms. The molecule has 0 N–H and O–H groups in total. The molecule has 0 aromatic heterocycles. The lowest BCUT2D eigenvalue weighted by Crippen LogP contribution is -2.49. The van der Waals surface area contributed by atoms with Crippen molar-refractivity contribution in [3.63, 3.8) is 0 Å². The fraction of sp³-hybridized carbons (Fsp3) is 0.429. The van der Waals surface area contributed by atoms with Crippen molar-refractivity contribution in [3.05, 3.63) is 34.4 Å². The van der Waals surface area contributed by atoms with Gasteiger partial charge in [0, 0.05) is 32.2 Å². The number of nitro benzene ring substituents is 1. The third kappa shape index (κ3) is 3.51. The van der Waals surface area contributed by atoms with Gasteiger partial charge in [0.1, 0.15) is 12.1 Å². The number of hydrogen-bond donors (Lipinski definition) is 0.